The van der Waals surface area contributed by atoms with Gasteiger partial charge in [-0.15, -0.1) is 0 Å². The Bertz CT molecular complexity index is 1190. The molecule has 0 atom stereocenters. The average molecular weight is 414 g/mol. The van der Waals surface area contributed by atoms with Crippen molar-refractivity contribution in [3.8, 4) is 0 Å². The number of fused-ring (bicyclic) bond motifs is 1. The number of hydrogen-bond donors (Lipinski definition) is 1. The second-order valence-corrected chi connectivity index (χ2v) is 7.12. The minimum absolute atomic E-state index is 0.240. The third-order valence-corrected chi connectivity index (χ3v) is 4.90. The van der Waals surface area contributed by atoms with Gasteiger partial charge in [0.15, 0.2) is 0 Å². The lowest BCUT2D eigenvalue weighted by Crippen LogP contribution is -2.38. The molecule has 2 heterocycles. The van der Waals surface area contributed by atoms with Crippen molar-refractivity contribution in [1.29, 1.82) is 0 Å². The summed E-state index contributed by atoms with van der Waals surface area (Å²) in [6, 6.07) is 26.5. The van der Waals surface area contributed by atoms with Crippen LogP contribution in [0.4, 0.5) is 11.4 Å². The van der Waals surface area contributed by atoms with Gasteiger partial charge in [0.2, 0.25) is 11.9 Å². The van der Waals surface area contributed by atoms with E-state index in [2.05, 4.69) is 15.4 Å². The van der Waals surface area contributed by atoms with E-state index in [9.17, 15) is 4.79 Å². The Morgan fingerprint density at radius 1 is 0.900 bits per heavy atom. The number of benzene rings is 3. The fourth-order valence-corrected chi connectivity index (χ4v) is 3.36. The topological polar surface area (TPSA) is 60.3 Å². The highest BCUT2D eigenvalue weighted by molar-refractivity contribution is 6.31. The summed E-state index contributed by atoms with van der Waals surface area (Å²) >= 11 is 5.98. The van der Waals surface area contributed by atoms with Crippen LogP contribution in [0.25, 0.3) is 6.08 Å². The molecule has 0 aromatic heterocycles. The predicted octanol–water partition coefficient (Wildman–Crippen LogP) is 4.59. The Kier molecular flexibility index (Phi) is 4.53. The number of hydrazine groups is 1. The Morgan fingerprint density at radius 2 is 1.57 bits per heavy atom. The Morgan fingerprint density at radius 3 is 2.27 bits per heavy atom. The number of hydrogen-bond acceptors (Lipinski definition) is 3. The van der Waals surface area contributed by atoms with Gasteiger partial charge in [-0.2, -0.15) is 5.01 Å². The normalized spacial score (nSPS) is 18.0. The lowest BCUT2D eigenvalue weighted by Gasteiger charge is -2.15. The van der Waals surface area contributed by atoms with Crippen molar-refractivity contribution in [3.63, 3.8) is 0 Å². The van der Waals surface area contributed by atoms with Gasteiger partial charge in [0.05, 0.1) is 11.4 Å². The molecule has 7 heteroatoms. The Hall–Kier alpha value is -3.90. The van der Waals surface area contributed by atoms with Crippen molar-refractivity contribution in [2.24, 2.45) is 9.98 Å². The molecule has 1 N–H and O–H groups in total. The van der Waals surface area contributed by atoms with Crippen LogP contribution in [0.3, 0.4) is 0 Å². The number of amides is 1. The van der Waals surface area contributed by atoms with E-state index in [4.69, 9.17) is 11.6 Å². The zero-order chi connectivity index (χ0) is 20.5. The van der Waals surface area contributed by atoms with Gasteiger partial charge in [0, 0.05) is 5.02 Å². The minimum Gasteiger partial charge on any atom is -0.265 e. The third kappa shape index (κ3) is 3.33. The fraction of sp³-hybridized carbons (Fsp3) is 0. The van der Waals surface area contributed by atoms with Crippen LogP contribution >= 0.6 is 11.6 Å². The van der Waals surface area contributed by atoms with E-state index in [0.29, 0.717) is 28.3 Å². The first kappa shape index (κ1) is 18.1. The molecule has 5 rings (SSSR count). The van der Waals surface area contributed by atoms with Gasteiger partial charge < -0.3 is 0 Å². The summed E-state index contributed by atoms with van der Waals surface area (Å²) in [7, 11) is 0. The highest BCUT2D eigenvalue weighted by Gasteiger charge is 2.43. The van der Waals surface area contributed by atoms with E-state index in [1.54, 1.807) is 18.2 Å². The maximum Gasteiger partial charge on any atom is 0.298 e. The summed E-state index contributed by atoms with van der Waals surface area (Å²) in [5, 5.41) is 2.05. The zero-order valence-electron chi connectivity index (χ0n) is 15.7. The maximum absolute atomic E-state index is 13.0. The average Bonchev–Trinajstić information content (AvgIpc) is 3.27. The van der Waals surface area contributed by atoms with Crippen molar-refractivity contribution < 1.29 is 4.79 Å². The lowest BCUT2D eigenvalue weighted by atomic mass is 10.2. The van der Waals surface area contributed by atoms with Crippen LogP contribution in [0.15, 0.2) is 101 Å². The SMILES string of the molecule is O=C1/C(=C/c2ccccc2)N=C2N1NC(=Nc1ccc(Cl)cc1)N2c1ccccc1. The number of anilines is 1. The quantitative estimate of drug-likeness (QED) is 0.639. The number of aliphatic imine (C=N–C) groups is 2. The molecule has 3 aromatic rings. The standard InChI is InChI=1S/C23H16ClN5O/c24-17-11-13-18(14-12-17)25-22-27-29-21(30)20(15-16-7-3-1-4-8-16)26-23(29)28(22)19-9-5-2-6-10-19/h1-15H,(H,25,27)/b20-15-. The molecule has 2 aliphatic rings. The molecular formula is C23H16ClN5O. The highest BCUT2D eigenvalue weighted by Crippen LogP contribution is 2.28. The molecule has 0 bridgehead atoms. The lowest BCUT2D eigenvalue weighted by molar-refractivity contribution is -0.123. The van der Waals surface area contributed by atoms with Crippen LogP contribution < -0.4 is 10.3 Å². The van der Waals surface area contributed by atoms with Gasteiger partial charge in [-0.05, 0) is 48.0 Å². The number of para-hydroxylation sites is 1. The first-order valence-corrected chi connectivity index (χ1v) is 9.73. The molecule has 0 unspecified atom stereocenters. The smallest absolute Gasteiger partial charge is 0.265 e. The van der Waals surface area contributed by atoms with E-state index in [-0.39, 0.29) is 5.91 Å². The number of guanidine groups is 2. The first-order valence-electron chi connectivity index (χ1n) is 9.35. The van der Waals surface area contributed by atoms with Gasteiger partial charge in [0.1, 0.15) is 5.70 Å². The highest BCUT2D eigenvalue weighted by atomic mass is 35.5. The Labute approximate surface area is 178 Å². The van der Waals surface area contributed by atoms with Crippen LogP contribution in [0.5, 0.6) is 0 Å². The van der Waals surface area contributed by atoms with Crippen LogP contribution in [-0.4, -0.2) is 22.8 Å². The molecule has 0 radical (unpaired) electrons. The molecule has 3 aromatic carbocycles. The minimum atomic E-state index is -0.240. The van der Waals surface area contributed by atoms with Gasteiger partial charge in [-0.1, -0.05) is 60.1 Å². The van der Waals surface area contributed by atoms with Gasteiger partial charge in [-0.3, -0.25) is 10.2 Å². The molecule has 6 nitrogen and oxygen atoms in total. The number of halogens is 1. The van der Waals surface area contributed by atoms with Crippen LogP contribution in [-0.2, 0) is 4.79 Å². The van der Waals surface area contributed by atoms with Gasteiger partial charge in [-0.25, -0.2) is 14.9 Å². The maximum atomic E-state index is 13.0. The Balaban J connectivity index is 1.58. The molecule has 0 saturated carbocycles. The summed E-state index contributed by atoms with van der Waals surface area (Å²) in [4.78, 5) is 24.1. The van der Waals surface area contributed by atoms with Crippen LogP contribution in [0.2, 0.25) is 5.02 Å². The summed E-state index contributed by atoms with van der Waals surface area (Å²) in [5.74, 6) is 0.701. The molecule has 0 aliphatic carbocycles. The summed E-state index contributed by atoms with van der Waals surface area (Å²) in [6.07, 6.45) is 1.77. The van der Waals surface area contributed by atoms with Crippen molar-refractivity contribution in [2.45, 2.75) is 0 Å². The molecule has 146 valence electrons. The van der Waals surface area contributed by atoms with E-state index in [1.165, 1.54) is 5.01 Å². The van der Waals surface area contributed by atoms with E-state index < -0.39 is 0 Å². The second-order valence-electron chi connectivity index (χ2n) is 6.69. The van der Waals surface area contributed by atoms with E-state index in [0.717, 1.165) is 11.3 Å². The molecular weight excluding hydrogens is 398 g/mol. The molecule has 0 spiro atoms. The van der Waals surface area contributed by atoms with Crippen molar-refractivity contribution >= 4 is 46.9 Å². The van der Waals surface area contributed by atoms with Gasteiger partial charge >= 0.3 is 0 Å². The van der Waals surface area contributed by atoms with Crippen molar-refractivity contribution in [1.82, 2.24) is 10.4 Å². The molecule has 1 saturated heterocycles. The molecule has 30 heavy (non-hydrogen) atoms. The largest absolute Gasteiger partial charge is 0.298 e. The van der Waals surface area contributed by atoms with Crippen LogP contribution in [0.1, 0.15) is 5.56 Å². The number of carbonyl (C=O) groups is 1. The van der Waals surface area contributed by atoms with E-state index >= 15 is 0 Å². The summed E-state index contributed by atoms with van der Waals surface area (Å²) < 4.78 is 0. The van der Waals surface area contributed by atoms with Crippen molar-refractivity contribution in [2.75, 3.05) is 4.90 Å². The third-order valence-electron chi connectivity index (χ3n) is 4.65. The number of rotatable bonds is 3. The number of nitrogens with one attached hydrogen (secondary N) is 1. The predicted molar refractivity (Wildman–Crippen MR) is 119 cm³/mol. The van der Waals surface area contributed by atoms with Crippen molar-refractivity contribution in [3.05, 3.63) is 101 Å². The molecule has 1 amide bonds. The van der Waals surface area contributed by atoms with Gasteiger partial charge in [0.25, 0.3) is 5.91 Å². The summed E-state index contributed by atoms with van der Waals surface area (Å²) in [5.41, 5.74) is 5.90. The van der Waals surface area contributed by atoms with Crippen LogP contribution in [0, 0.1) is 0 Å². The first-order chi connectivity index (χ1) is 14.7. The fourth-order valence-electron chi connectivity index (χ4n) is 3.24. The molecule has 1 fully saturated rings. The van der Waals surface area contributed by atoms with E-state index in [1.807, 2.05) is 77.7 Å². The number of carbonyl (C=O) groups excluding carboxylic acids is 1. The number of nitrogens with zero attached hydrogens (tertiary/aromatic N) is 4. The summed E-state index contributed by atoms with van der Waals surface area (Å²) in [6.45, 7) is 0. The monoisotopic (exact) mass is 413 g/mol. The zero-order valence-corrected chi connectivity index (χ0v) is 16.5. The second kappa shape index (κ2) is 7.50. The molecule has 2 aliphatic heterocycles.